The highest BCUT2D eigenvalue weighted by Crippen LogP contribution is 2.36. The first kappa shape index (κ1) is 19.0. The van der Waals surface area contributed by atoms with Gasteiger partial charge < -0.3 is 25.1 Å². The molecule has 31 heavy (non-hydrogen) atoms. The molecule has 1 aromatic heterocycles. The Morgan fingerprint density at radius 1 is 0.806 bits per heavy atom. The average molecular weight is 415 g/mol. The highest BCUT2D eigenvalue weighted by molar-refractivity contribution is 6.18. The number of fused-ring (bicyclic) bond motifs is 2. The molecule has 1 aliphatic rings. The number of aromatic hydroxyl groups is 3. The Morgan fingerprint density at radius 3 is 2.35 bits per heavy atom. The highest BCUT2D eigenvalue weighted by atomic mass is 16.3. The second-order valence-corrected chi connectivity index (χ2v) is 7.66. The van der Waals surface area contributed by atoms with Gasteiger partial charge in [0.05, 0.1) is 22.0 Å². The minimum atomic E-state index is -0.180. The van der Waals surface area contributed by atoms with Crippen LogP contribution in [0.3, 0.4) is 0 Å². The molecular formula is C24H21N3O4. The lowest BCUT2D eigenvalue weighted by atomic mass is 10.00. The number of para-hydroxylation sites is 1. The van der Waals surface area contributed by atoms with E-state index >= 15 is 0 Å². The quantitative estimate of drug-likeness (QED) is 0.434. The molecule has 0 radical (unpaired) electrons. The van der Waals surface area contributed by atoms with Crippen molar-refractivity contribution in [3.63, 3.8) is 0 Å². The summed E-state index contributed by atoms with van der Waals surface area (Å²) in [5.41, 5.74) is 2.31. The summed E-state index contributed by atoms with van der Waals surface area (Å²) in [4.78, 5) is 22.1. The predicted molar refractivity (Wildman–Crippen MR) is 119 cm³/mol. The van der Waals surface area contributed by atoms with Crippen molar-refractivity contribution in [1.29, 1.82) is 0 Å². The molecule has 1 saturated heterocycles. The Morgan fingerprint density at radius 2 is 1.58 bits per heavy atom. The maximum absolute atomic E-state index is 13.6. The number of amides is 1. The second-order valence-electron chi connectivity index (χ2n) is 7.66. The van der Waals surface area contributed by atoms with Crippen molar-refractivity contribution in [3.8, 4) is 17.2 Å². The summed E-state index contributed by atoms with van der Waals surface area (Å²) < 4.78 is 0. The van der Waals surface area contributed by atoms with Crippen molar-refractivity contribution < 1.29 is 20.1 Å². The molecule has 7 nitrogen and oxygen atoms in total. The molecule has 0 atom stereocenters. The molecule has 4 aromatic rings. The van der Waals surface area contributed by atoms with E-state index in [9.17, 15) is 20.1 Å². The van der Waals surface area contributed by atoms with Gasteiger partial charge in [0.15, 0.2) is 0 Å². The highest BCUT2D eigenvalue weighted by Gasteiger charge is 2.27. The largest absolute Gasteiger partial charge is 0.508 e. The van der Waals surface area contributed by atoms with Crippen LogP contribution in [0.25, 0.3) is 21.8 Å². The van der Waals surface area contributed by atoms with E-state index in [0.29, 0.717) is 53.5 Å². The molecule has 0 aliphatic carbocycles. The van der Waals surface area contributed by atoms with Crippen LogP contribution < -0.4 is 4.90 Å². The van der Waals surface area contributed by atoms with Gasteiger partial charge in [-0.25, -0.2) is 4.98 Å². The number of pyridine rings is 1. The van der Waals surface area contributed by atoms with E-state index in [4.69, 9.17) is 0 Å². The van der Waals surface area contributed by atoms with Crippen molar-refractivity contribution in [2.24, 2.45) is 0 Å². The van der Waals surface area contributed by atoms with E-state index in [2.05, 4.69) is 9.88 Å². The molecule has 0 bridgehead atoms. The first-order valence-electron chi connectivity index (χ1n) is 10.1. The molecular weight excluding hydrogens is 394 g/mol. The Bertz CT molecular complexity index is 1310. The minimum absolute atomic E-state index is 0.106. The van der Waals surface area contributed by atoms with Crippen LogP contribution in [0.15, 0.2) is 60.7 Å². The maximum Gasteiger partial charge on any atom is 0.255 e. The number of carbonyl (C=O) groups excluding carboxylic acids is 1. The normalized spacial score (nSPS) is 14.3. The molecule has 156 valence electrons. The van der Waals surface area contributed by atoms with Gasteiger partial charge in [-0.3, -0.25) is 4.79 Å². The van der Waals surface area contributed by atoms with Crippen LogP contribution in [0.5, 0.6) is 17.2 Å². The standard InChI is InChI=1S/C24H21N3O4/c28-16-5-3-4-15(12-16)26-8-10-27(11-9-26)24(31)22-18-6-1-2-7-19(18)25-20-13-17(29)14-21(30)23(20)22/h1-7,12-14,28-30H,8-11H2. The van der Waals surface area contributed by atoms with Gasteiger partial charge in [0.2, 0.25) is 0 Å². The van der Waals surface area contributed by atoms with Crippen LogP contribution in [0, 0.1) is 0 Å². The minimum Gasteiger partial charge on any atom is -0.508 e. The number of aromatic nitrogens is 1. The number of hydrogen-bond donors (Lipinski definition) is 3. The van der Waals surface area contributed by atoms with Crippen molar-refractivity contribution in [2.75, 3.05) is 31.1 Å². The zero-order valence-electron chi connectivity index (χ0n) is 16.7. The maximum atomic E-state index is 13.6. The molecule has 3 aromatic carbocycles. The number of anilines is 1. The Kier molecular flexibility index (Phi) is 4.51. The van der Waals surface area contributed by atoms with Gasteiger partial charge in [0, 0.05) is 55.5 Å². The van der Waals surface area contributed by atoms with Crippen molar-refractivity contribution in [2.45, 2.75) is 0 Å². The Hall–Kier alpha value is -4.00. The molecule has 0 spiro atoms. The van der Waals surface area contributed by atoms with Gasteiger partial charge in [-0.1, -0.05) is 24.3 Å². The van der Waals surface area contributed by atoms with Gasteiger partial charge in [0.25, 0.3) is 5.91 Å². The van der Waals surface area contributed by atoms with Crippen molar-refractivity contribution in [3.05, 3.63) is 66.2 Å². The van der Waals surface area contributed by atoms with Gasteiger partial charge in [0.1, 0.15) is 17.2 Å². The fraction of sp³-hybridized carbons (Fsp3) is 0.167. The molecule has 3 N–H and O–H groups in total. The van der Waals surface area contributed by atoms with Crippen molar-refractivity contribution in [1.82, 2.24) is 9.88 Å². The van der Waals surface area contributed by atoms with E-state index in [0.717, 1.165) is 5.69 Å². The number of rotatable bonds is 2. The number of hydrogen-bond acceptors (Lipinski definition) is 6. The molecule has 0 unspecified atom stereocenters. The van der Waals surface area contributed by atoms with Crippen LogP contribution in [0.1, 0.15) is 10.4 Å². The van der Waals surface area contributed by atoms with Gasteiger partial charge in [-0.05, 0) is 18.2 Å². The lowest BCUT2D eigenvalue weighted by molar-refractivity contribution is 0.0750. The molecule has 7 heteroatoms. The first-order valence-corrected chi connectivity index (χ1v) is 10.1. The van der Waals surface area contributed by atoms with Gasteiger partial charge in [-0.2, -0.15) is 0 Å². The van der Waals surface area contributed by atoms with E-state index in [-0.39, 0.29) is 23.2 Å². The number of nitrogens with zero attached hydrogens (tertiary/aromatic N) is 3. The smallest absolute Gasteiger partial charge is 0.255 e. The summed E-state index contributed by atoms with van der Waals surface area (Å²) in [7, 11) is 0. The molecule has 2 heterocycles. The molecule has 1 amide bonds. The summed E-state index contributed by atoms with van der Waals surface area (Å²) in [6.07, 6.45) is 0. The number of phenolic OH excluding ortho intramolecular Hbond substituents is 3. The summed E-state index contributed by atoms with van der Waals surface area (Å²) >= 11 is 0. The summed E-state index contributed by atoms with van der Waals surface area (Å²) in [6.45, 7) is 2.27. The summed E-state index contributed by atoms with van der Waals surface area (Å²) in [6, 6.07) is 17.1. The van der Waals surface area contributed by atoms with Crippen LogP contribution in [0.2, 0.25) is 0 Å². The number of carbonyl (C=O) groups is 1. The number of piperazine rings is 1. The predicted octanol–water partition coefficient (Wildman–Crippen LogP) is 3.47. The van der Waals surface area contributed by atoms with Gasteiger partial charge >= 0.3 is 0 Å². The Labute approximate surface area is 178 Å². The topological polar surface area (TPSA) is 97.1 Å². The molecule has 5 rings (SSSR count). The second kappa shape index (κ2) is 7.36. The zero-order valence-corrected chi connectivity index (χ0v) is 16.7. The van der Waals surface area contributed by atoms with Crippen LogP contribution in [-0.2, 0) is 0 Å². The third-order valence-corrected chi connectivity index (χ3v) is 5.72. The Balaban J connectivity index is 1.52. The number of phenols is 3. The fourth-order valence-electron chi connectivity index (χ4n) is 4.23. The average Bonchev–Trinajstić information content (AvgIpc) is 2.77. The fourth-order valence-corrected chi connectivity index (χ4v) is 4.23. The van der Waals surface area contributed by atoms with Gasteiger partial charge in [-0.15, -0.1) is 0 Å². The molecule has 1 aliphatic heterocycles. The SMILES string of the molecule is O=C(c1c2ccccc2nc2cc(O)cc(O)c12)N1CCN(c2cccc(O)c2)CC1. The van der Waals surface area contributed by atoms with E-state index in [1.807, 2.05) is 30.3 Å². The molecule has 1 fully saturated rings. The van der Waals surface area contributed by atoms with Crippen LogP contribution in [0.4, 0.5) is 5.69 Å². The zero-order chi connectivity index (χ0) is 21.5. The van der Waals surface area contributed by atoms with E-state index in [1.54, 1.807) is 23.1 Å². The van der Waals surface area contributed by atoms with E-state index in [1.165, 1.54) is 12.1 Å². The third-order valence-electron chi connectivity index (χ3n) is 5.72. The lowest BCUT2D eigenvalue weighted by Gasteiger charge is -2.36. The van der Waals surface area contributed by atoms with Crippen LogP contribution >= 0.6 is 0 Å². The van der Waals surface area contributed by atoms with Crippen molar-refractivity contribution >= 4 is 33.4 Å². The van der Waals surface area contributed by atoms with E-state index < -0.39 is 0 Å². The first-order chi connectivity index (χ1) is 15.0. The van der Waals surface area contributed by atoms with Crippen LogP contribution in [-0.4, -0.2) is 57.3 Å². The number of benzene rings is 3. The molecule has 0 saturated carbocycles. The monoisotopic (exact) mass is 415 g/mol. The lowest BCUT2D eigenvalue weighted by Crippen LogP contribution is -2.48. The third kappa shape index (κ3) is 3.34. The summed E-state index contributed by atoms with van der Waals surface area (Å²) in [5.74, 6) is -0.245. The summed E-state index contributed by atoms with van der Waals surface area (Å²) in [5, 5.41) is 31.2.